The van der Waals surface area contributed by atoms with Crippen LogP contribution in [0.1, 0.15) is 0 Å². The maximum atomic E-state index is 5.19. The molecular formula is C55H35N3. The van der Waals surface area contributed by atoms with Crippen molar-refractivity contribution in [3.8, 4) is 67.5 Å². The van der Waals surface area contributed by atoms with E-state index in [1.807, 2.05) is 0 Å². The molecule has 11 rings (SSSR count). The summed E-state index contributed by atoms with van der Waals surface area (Å²) in [5, 5.41) is 9.59. The molecular weight excluding hydrogens is 703 g/mol. The standard InChI is InChI=1S/C55H35N3/c1-2-14-39-31-42(26-25-36(39)11-1)40-17-7-19-47(34-40)53-56-54(58-55(57-53)52-24-10-16-38-13-4-6-22-50(38)52)48-20-8-18-41(35-48)43-27-28-45-33-46(30-29-44(45)32-43)51-23-9-15-37-12-3-5-21-49(37)51/h1-35H. The Kier molecular flexibility index (Phi) is 8.15. The fraction of sp³-hybridized carbons (Fsp3) is 0. The predicted molar refractivity (Wildman–Crippen MR) is 242 cm³/mol. The summed E-state index contributed by atoms with van der Waals surface area (Å²) >= 11 is 0. The first-order valence-corrected chi connectivity index (χ1v) is 19.7. The smallest absolute Gasteiger partial charge is 0.164 e. The molecule has 10 aromatic carbocycles. The molecule has 270 valence electrons. The van der Waals surface area contributed by atoms with E-state index in [9.17, 15) is 0 Å². The third-order valence-corrected chi connectivity index (χ3v) is 11.3. The zero-order valence-electron chi connectivity index (χ0n) is 31.5. The zero-order chi connectivity index (χ0) is 38.4. The van der Waals surface area contributed by atoms with Crippen LogP contribution in [0, 0.1) is 0 Å². The van der Waals surface area contributed by atoms with Crippen molar-refractivity contribution < 1.29 is 0 Å². The molecule has 3 nitrogen and oxygen atoms in total. The lowest BCUT2D eigenvalue weighted by Gasteiger charge is -2.12. The number of hydrogen-bond acceptors (Lipinski definition) is 3. The minimum Gasteiger partial charge on any atom is -0.208 e. The molecule has 0 spiro atoms. The van der Waals surface area contributed by atoms with Crippen LogP contribution in [0.4, 0.5) is 0 Å². The van der Waals surface area contributed by atoms with Gasteiger partial charge in [-0.25, -0.2) is 15.0 Å². The first-order valence-electron chi connectivity index (χ1n) is 19.7. The quantitative estimate of drug-likeness (QED) is 0.171. The maximum Gasteiger partial charge on any atom is 0.164 e. The highest BCUT2D eigenvalue weighted by Gasteiger charge is 2.16. The number of nitrogens with zero attached hydrogens (tertiary/aromatic N) is 3. The molecule has 1 aromatic heterocycles. The van der Waals surface area contributed by atoms with Gasteiger partial charge in [-0.3, -0.25) is 0 Å². The Morgan fingerprint density at radius 3 is 1.21 bits per heavy atom. The van der Waals surface area contributed by atoms with Crippen molar-refractivity contribution in [2.75, 3.05) is 0 Å². The van der Waals surface area contributed by atoms with Crippen LogP contribution in [0.2, 0.25) is 0 Å². The Bertz CT molecular complexity index is 3350. The normalized spacial score (nSPS) is 11.4. The van der Waals surface area contributed by atoms with Crippen LogP contribution in [-0.2, 0) is 0 Å². The highest BCUT2D eigenvalue weighted by Crippen LogP contribution is 2.35. The van der Waals surface area contributed by atoms with Gasteiger partial charge in [-0.15, -0.1) is 0 Å². The van der Waals surface area contributed by atoms with Gasteiger partial charge in [-0.2, -0.15) is 0 Å². The fourth-order valence-electron chi connectivity index (χ4n) is 8.29. The average Bonchev–Trinajstić information content (AvgIpc) is 3.30. The van der Waals surface area contributed by atoms with Gasteiger partial charge in [0.25, 0.3) is 0 Å². The Balaban J connectivity index is 1.00. The van der Waals surface area contributed by atoms with Crippen molar-refractivity contribution >= 4 is 43.1 Å². The molecule has 0 atom stereocenters. The van der Waals surface area contributed by atoms with E-state index in [-0.39, 0.29) is 0 Å². The van der Waals surface area contributed by atoms with Gasteiger partial charge in [0.05, 0.1) is 0 Å². The summed E-state index contributed by atoms with van der Waals surface area (Å²) in [4.78, 5) is 15.5. The largest absolute Gasteiger partial charge is 0.208 e. The Morgan fingerprint density at radius 1 is 0.207 bits per heavy atom. The van der Waals surface area contributed by atoms with Crippen molar-refractivity contribution in [1.29, 1.82) is 0 Å². The van der Waals surface area contributed by atoms with Crippen LogP contribution in [0.25, 0.3) is 111 Å². The number of benzene rings is 10. The third-order valence-electron chi connectivity index (χ3n) is 11.3. The number of fused-ring (bicyclic) bond motifs is 4. The molecule has 1 heterocycles. The van der Waals surface area contributed by atoms with Gasteiger partial charge < -0.3 is 0 Å². The van der Waals surface area contributed by atoms with Gasteiger partial charge in [-0.1, -0.05) is 182 Å². The minimum absolute atomic E-state index is 0.631. The maximum absolute atomic E-state index is 5.19. The molecule has 58 heavy (non-hydrogen) atoms. The van der Waals surface area contributed by atoms with Crippen LogP contribution in [0.3, 0.4) is 0 Å². The number of hydrogen-bond donors (Lipinski definition) is 0. The summed E-state index contributed by atoms with van der Waals surface area (Å²) in [6, 6.07) is 75.5. The molecule has 0 saturated heterocycles. The third kappa shape index (κ3) is 6.16. The minimum atomic E-state index is 0.631. The molecule has 0 unspecified atom stereocenters. The molecule has 0 bridgehead atoms. The molecule has 3 heteroatoms. The van der Waals surface area contributed by atoms with Gasteiger partial charge in [0.15, 0.2) is 17.5 Å². The highest BCUT2D eigenvalue weighted by molar-refractivity contribution is 6.00. The van der Waals surface area contributed by atoms with Crippen molar-refractivity contribution in [2.45, 2.75) is 0 Å². The predicted octanol–water partition coefficient (Wildman–Crippen LogP) is 14.5. The van der Waals surface area contributed by atoms with Gasteiger partial charge in [-0.05, 0) is 107 Å². The van der Waals surface area contributed by atoms with E-state index in [0.717, 1.165) is 49.7 Å². The van der Waals surface area contributed by atoms with Crippen LogP contribution >= 0.6 is 0 Å². The SMILES string of the molecule is c1cc(-c2ccc3ccccc3c2)cc(-c2nc(-c3cccc(-c4ccc5cc(-c6cccc7ccccc67)ccc5c4)c3)nc(-c3cccc4ccccc34)n2)c1. The molecule has 0 fully saturated rings. The number of aromatic nitrogens is 3. The summed E-state index contributed by atoms with van der Waals surface area (Å²) in [5.41, 5.74) is 9.80. The van der Waals surface area contributed by atoms with E-state index < -0.39 is 0 Å². The van der Waals surface area contributed by atoms with Gasteiger partial charge >= 0.3 is 0 Å². The Labute approximate surface area is 336 Å². The summed E-state index contributed by atoms with van der Waals surface area (Å²) in [6.45, 7) is 0. The van der Waals surface area contributed by atoms with E-state index >= 15 is 0 Å². The molecule has 0 N–H and O–H groups in total. The lowest BCUT2D eigenvalue weighted by Crippen LogP contribution is -2.01. The second-order valence-electron chi connectivity index (χ2n) is 14.9. The van der Waals surface area contributed by atoms with Crippen LogP contribution in [0.5, 0.6) is 0 Å². The number of rotatable bonds is 6. The molecule has 0 saturated carbocycles. The molecule has 0 radical (unpaired) electrons. The lowest BCUT2D eigenvalue weighted by molar-refractivity contribution is 1.08. The van der Waals surface area contributed by atoms with E-state index in [0.29, 0.717) is 17.5 Å². The first kappa shape index (κ1) is 33.6. The molecule has 0 amide bonds. The second-order valence-corrected chi connectivity index (χ2v) is 14.9. The van der Waals surface area contributed by atoms with Crippen molar-refractivity contribution in [3.05, 3.63) is 212 Å². The highest BCUT2D eigenvalue weighted by atomic mass is 15.0. The second kappa shape index (κ2) is 14.1. The summed E-state index contributed by atoms with van der Waals surface area (Å²) < 4.78 is 0. The van der Waals surface area contributed by atoms with Crippen LogP contribution in [-0.4, -0.2) is 15.0 Å². The fourth-order valence-corrected chi connectivity index (χ4v) is 8.29. The van der Waals surface area contributed by atoms with E-state index in [4.69, 9.17) is 15.0 Å². The molecule has 11 aromatic rings. The molecule has 0 aliphatic rings. The monoisotopic (exact) mass is 737 g/mol. The van der Waals surface area contributed by atoms with Crippen LogP contribution < -0.4 is 0 Å². The first-order chi connectivity index (χ1) is 28.7. The Hall–Kier alpha value is -7.75. The van der Waals surface area contributed by atoms with E-state index in [2.05, 4.69) is 212 Å². The summed E-state index contributed by atoms with van der Waals surface area (Å²) in [6.07, 6.45) is 0. The summed E-state index contributed by atoms with van der Waals surface area (Å²) in [7, 11) is 0. The van der Waals surface area contributed by atoms with E-state index in [1.54, 1.807) is 0 Å². The topological polar surface area (TPSA) is 38.7 Å². The zero-order valence-corrected chi connectivity index (χ0v) is 31.5. The van der Waals surface area contributed by atoms with Gasteiger partial charge in [0.2, 0.25) is 0 Å². The average molecular weight is 738 g/mol. The Morgan fingerprint density at radius 2 is 0.586 bits per heavy atom. The van der Waals surface area contributed by atoms with Crippen molar-refractivity contribution in [3.63, 3.8) is 0 Å². The van der Waals surface area contributed by atoms with Gasteiger partial charge in [0.1, 0.15) is 0 Å². The summed E-state index contributed by atoms with van der Waals surface area (Å²) in [5.74, 6) is 1.91. The molecule has 0 aliphatic heterocycles. The van der Waals surface area contributed by atoms with Crippen LogP contribution in [0.15, 0.2) is 212 Å². The molecule has 0 aliphatic carbocycles. The van der Waals surface area contributed by atoms with Crippen molar-refractivity contribution in [2.24, 2.45) is 0 Å². The van der Waals surface area contributed by atoms with E-state index in [1.165, 1.54) is 43.4 Å². The van der Waals surface area contributed by atoms with Gasteiger partial charge in [0, 0.05) is 16.7 Å². The lowest BCUT2D eigenvalue weighted by atomic mass is 9.94. The van der Waals surface area contributed by atoms with Crippen molar-refractivity contribution in [1.82, 2.24) is 15.0 Å².